The number of hydrogen-bond acceptors (Lipinski definition) is 7. The van der Waals surface area contributed by atoms with E-state index in [1.807, 2.05) is 6.92 Å². The van der Waals surface area contributed by atoms with Crippen molar-refractivity contribution in [2.24, 2.45) is 10.8 Å². The summed E-state index contributed by atoms with van der Waals surface area (Å²) in [5.74, 6) is -1.07. The van der Waals surface area contributed by atoms with Gasteiger partial charge in [-0.2, -0.15) is 0 Å². The first kappa shape index (κ1) is 21.1. The molecule has 0 aliphatic heterocycles. The van der Waals surface area contributed by atoms with Crippen LogP contribution in [0.1, 0.15) is 44.0 Å². The summed E-state index contributed by atoms with van der Waals surface area (Å²) in [5.41, 5.74) is -1.34. The normalized spacial score (nSPS) is 32.7. The number of carbonyl (C=O) groups is 2. The number of ether oxygens (including phenoxy) is 1. The first-order chi connectivity index (χ1) is 13.9. The summed E-state index contributed by atoms with van der Waals surface area (Å²) in [6.07, 6.45) is 1.94. The van der Waals surface area contributed by atoms with Crippen LogP contribution in [0.15, 0.2) is 52.0 Å². The summed E-state index contributed by atoms with van der Waals surface area (Å²) in [4.78, 5) is 25.4. The van der Waals surface area contributed by atoms with Crippen LogP contribution in [0.3, 0.4) is 0 Å². The van der Waals surface area contributed by atoms with Crippen molar-refractivity contribution in [3.8, 4) is 0 Å². The highest BCUT2D eigenvalue weighted by atomic mass is 32.2. The van der Waals surface area contributed by atoms with E-state index in [1.165, 1.54) is 31.2 Å². The van der Waals surface area contributed by atoms with Crippen LogP contribution in [-0.4, -0.2) is 49.0 Å². The second-order valence-electron chi connectivity index (χ2n) is 8.82. The summed E-state index contributed by atoms with van der Waals surface area (Å²) in [5, 5.41) is 21.9. The molecule has 1 aromatic rings. The number of esters is 1. The van der Waals surface area contributed by atoms with E-state index >= 15 is 0 Å². The molecule has 7 nitrogen and oxygen atoms in total. The quantitative estimate of drug-likeness (QED) is 0.550. The Bertz CT molecular complexity index is 1030. The summed E-state index contributed by atoms with van der Waals surface area (Å²) >= 11 is -2.39. The van der Waals surface area contributed by atoms with Crippen molar-refractivity contribution >= 4 is 22.8 Å². The van der Waals surface area contributed by atoms with Gasteiger partial charge in [0.25, 0.3) is 0 Å². The summed E-state index contributed by atoms with van der Waals surface area (Å²) < 4.78 is 27.3. The fourth-order valence-electron chi connectivity index (χ4n) is 4.77. The SMILES string of the molecule is CC1=C2C(=C[C@@](C)(COC(=O)c3ccc(S(=O)[O-])cc3)[C@@H]2O)C(=O)[C@](C)(O)C12CC2. The van der Waals surface area contributed by atoms with E-state index in [4.69, 9.17) is 4.74 Å². The Morgan fingerprint density at radius 3 is 2.40 bits per heavy atom. The monoisotopic (exact) mass is 431 g/mol. The van der Waals surface area contributed by atoms with Crippen molar-refractivity contribution in [3.63, 3.8) is 0 Å². The van der Waals surface area contributed by atoms with Crippen LogP contribution in [0.2, 0.25) is 0 Å². The molecule has 0 amide bonds. The Balaban J connectivity index is 1.57. The van der Waals surface area contributed by atoms with Gasteiger partial charge < -0.3 is 19.5 Å². The van der Waals surface area contributed by atoms with Crippen LogP contribution in [0.5, 0.6) is 0 Å². The number of fused-ring (bicyclic) bond motifs is 1. The van der Waals surface area contributed by atoms with Crippen molar-refractivity contribution < 1.29 is 33.3 Å². The van der Waals surface area contributed by atoms with Gasteiger partial charge in [0, 0.05) is 15.9 Å². The van der Waals surface area contributed by atoms with Crippen molar-refractivity contribution in [3.05, 3.63) is 52.6 Å². The molecule has 30 heavy (non-hydrogen) atoms. The third-order valence-electron chi connectivity index (χ3n) is 6.95. The summed E-state index contributed by atoms with van der Waals surface area (Å²) in [6, 6.07) is 5.30. The predicted molar refractivity (Wildman–Crippen MR) is 106 cm³/mol. The van der Waals surface area contributed by atoms with E-state index in [1.54, 1.807) is 13.0 Å². The zero-order valence-electron chi connectivity index (χ0n) is 16.9. The average molecular weight is 431 g/mol. The predicted octanol–water partition coefficient (Wildman–Crippen LogP) is 1.82. The molecule has 1 spiro atoms. The molecule has 1 saturated carbocycles. The Morgan fingerprint density at radius 1 is 1.27 bits per heavy atom. The maximum atomic E-state index is 13.0. The van der Waals surface area contributed by atoms with E-state index in [9.17, 15) is 28.6 Å². The van der Waals surface area contributed by atoms with Gasteiger partial charge in [-0.25, -0.2) is 4.79 Å². The third-order valence-corrected chi connectivity index (χ3v) is 7.61. The van der Waals surface area contributed by atoms with Crippen molar-refractivity contribution in [2.45, 2.75) is 50.2 Å². The lowest BCUT2D eigenvalue weighted by molar-refractivity contribution is -0.138. The van der Waals surface area contributed by atoms with E-state index in [0.717, 1.165) is 5.57 Å². The van der Waals surface area contributed by atoms with Crippen LogP contribution in [0.25, 0.3) is 0 Å². The molecule has 1 unspecified atom stereocenters. The molecule has 4 rings (SSSR count). The van der Waals surface area contributed by atoms with Gasteiger partial charge in [0.05, 0.1) is 17.1 Å². The van der Waals surface area contributed by atoms with Crippen LogP contribution in [0.4, 0.5) is 0 Å². The van der Waals surface area contributed by atoms with Crippen LogP contribution >= 0.6 is 0 Å². The highest BCUT2D eigenvalue weighted by molar-refractivity contribution is 7.79. The van der Waals surface area contributed by atoms with Crippen molar-refractivity contribution in [1.29, 1.82) is 0 Å². The molecular weight excluding hydrogens is 408 g/mol. The van der Waals surface area contributed by atoms with Gasteiger partial charge in [-0.3, -0.25) is 9.00 Å². The number of carbonyl (C=O) groups excluding carboxylic acids is 2. The molecule has 4 atom stereocenters. The standard InChI is InChI=1S/C22H24O7S/c1-12-16-15(17(23)21(3,26)22(12)8-9-22)10-20(2,18(16)24)11-29-19(25)13-4-6-14(7-5-13)30(27)28/h4-7,10,18,24,26H,8-9,11H2,1-3H3,(H,27,28)/p-1/t18-,20+,21+/m1/s1. The molecule has 3 aliphatic rings. The highest BCUT2D eigenvalue weighted by Crippen LogP contribution is 2.65. The molecule has 1 aromatic carbocycles. The van der Waals surface area contributed by atoms with E-state index < -0.39 is 45.4 Å². The number of Topliss-reactive ketones (excluding diaryl/α,β-unsaturated/α-hetero) is 1. The molecule has 0 bridgehead atoms. The number of aliphatic hydroxyl groups is 2. The fourth-order valence-corrected chi connectivity index (χ4v) is 5.13. The summed E-state index contributed by atoms with van der Waals surface area (Å²) in [7, 11) is 0. The number of aliphatic hydroxyl groups excluding tert-OH is 1. The fraction of sp³-hybridized carbons (Fsp3) is 0.455. The van der Waals surface area contributed by atoms with Crippen LogP contribution < -0.4 is 0 Å². The smallest absolute Gasteiger partial charge is 0.338 e. The van der Waals surface area contributed by atoms with Gasteiger partial charge in [0.2, 0.25) is 0 Å². The van der Waals surface area contributed by atoms with Gasteiger partial charge in [-0.1, -0.05) is 11.6 Å². The molecule has 8 heteroatoms. The van der Waals surface area contributed by atoms with Crippen molar-refractivity contribution in [1.82, 2.24) is 0 Å². The first-order valence-corrected chi connectivity index (χ1v) is 10.8. The zero-order chi connectivity index (χ0) is 22.1. The van der Waals surface area contributed by atoms with Gasteiger partial charge in [-0.15, -0.1) is 0 Å². The molecule has 160 valence electrons. The van der Waals surface area contributed by atoms with Crippen LogP contribution in [-0.2, 0) is 20.6 Å². The zero-order valence-corrected chi connectivity index (χ0v) is 17.7. The number of ketones is 1. The van der Waals surface area contributed by atoms with Crippen molar-refractivity contribution in [2.75, 3.05) is 6.61 Å². The lowest BCUT2D eigenvalue weighted by Gasteiger charge is -2.39. The number of benzene rings is 1. The molecule has 0 saturated heterocycles. The second kappa shape index (κ2) is 6.68. The van der Waals surface area contributed by atoms with E-state index in [0.29, 0.717) is 24.0 Å². The first-order valence-electron chi connectivity index (χ1n) is 9.71. The topological polar surface area (TPSA) is 124 Å². The Labute approximate surface area is 176 Å². The van der Waals surface area contributed by atoms with Gasteiger partial charge in [0.15, 0.2) is 5.78 Å². The van der Waals surface area contributed by atoms with Gasteiger partial charge in [-0.05, 0) is 74.5 Å². The van der Waals surface area contributed by atoms with E-state index in [2.05, 4.69) is 0 Å². The minimum atomic E-state index is -2.39. The maximum absolute atomic E-state index is 13.0. The second-order valence-corrected chi connectivity index (χ2v) is 9.76. The molecular formula is C22H23O7S-. The number of rotatable bonds is 4. The Hall–Kier alpha value is -2.13. The lowest BCUT2D eigenvalue weighted by Crippen LogP contribution is -2.50. The van der Waals surface area contributed by atoms with Gasteiger partial charge in [0.1, 0.15) is 12.2 Å². The molecule has 0 radical (unpaired) electrons. The van der Waals surface area contributed by atoms with Gasteiger partial charge >= 0.3 is 5.97 Å². The third kappa shape index (κ3) is 2.85. The van der Waals surface area contributed by atoms with E-state index in [-0.39, 0.29) is 17.1 Å². The Kier molecular flexibility index (Phi) is 4.70. The van der Waals surface area contributed by atoms with Crippen LogP contribution in [0, 0.1) is 10.8 Å². The largest absolute Gasteiger partial charge is 0.768 e. The lowest BCUT2D eigenvalue weighted by atomic mass is 9.67. The minimum absolute atomic E-state index is 0.0560. The number of hydrogen-bond donors (Lipinski definition) is 2. The minimum Gasteiger partial charge on any atom is -0.768 e. The molecule has 2 N–H and O–H groups in total. The molecule has 3 aliphatic carbocycles. The Morgan fingerprint density at radius 2 is 1.87 bits per heavy atom. The molecule has 0 heterocycles. The average Bonchev–Trinajstić information content (AvgIpc) is 3.48. The highest BCUT2D eigenvalue weighted by Gasteiger charge is 2.66. The maximum Gasteiger partial charge on any atom is 0.338 e. The molecule has 0 aromatic heterocycles. The molecule has 1 fully saturated rings. The summed E-state index contributed by atoms with van der Waals surface area (Å²) in [6.45, 7) is 4.90.